The summed E-state index contributed by atoms with van der Waals surface area (Å²) in [6.45, 7) is 11.9. The second-order valence-corrected chi connectivity index (χ2v) is 10.7. The number of rotatable bonds is 0. The number of hydrogen-bond donors (Lipinski definition) is 1. The van der Waals surface area contributed by atoms with Crippen molar-refractivity contribution in [3.63, 3.8) is 0 Å². The molecule has 3 amide bonds. The van der Waals surface area contributed by atoms with Gasteiger partial charge in [0.2, 0.25) is 11.8 Å². The molecule has 0 spiro atoms. The van der Waals surface area contributed by atoms with E-state index in [-0.39, 0.29) is 48.3 Å². The van der Waals surface area contributed by atoms with Gasteiger partial charge in [-0.15, -0.1) is 0 Å². The Balaban J connectivity index is 1.83. The highest BCUT2D eigenvalue weighted by Gasteiger charge is 2.39. The molecule has 8 nitrogen and oxygen atoms in total. The maximum absolute atomic E-state index is 13.0. The monoisotopic (exact) mass is 435 g/mol. The molecular formula is C23H37N3O5. The third kappa shape index (κ3) is 6.45. The number of ether oxygens (including phenoxy) is 2. The van der Waals surface area contributed by atoms with Crippen molar-refractivity contribution >= 4 is 17.9 Å². The number of nitrogens with zero attached hydrogens (tertiary/aromatic N) is 2. The first-order chi connectivity index (χ1) is 14.4. The van der Waals surface area contributed by atoms with E-state index in [9.17, 15) is 14.4 Å². The second-order valence-electron chi connectivity index (χ2n) is 10.7. The largest absolute Gasteiger partial charge is 0.444 e. The predicted molar refractivity (Wildman–Crippen MR) is 116 cm³/mol. The van der Waals surface area contributed by atoms with Crippen molar-refractivity contribution in [1.29, 1.82) is 0 Å². The second kappa shape index (κ2) is 9.18. The highest BCUT2D eigenvalue weighted by atomic mass is 16.6. The third-order valence-electron chi connectivity index (χ3n) is 5.93. The Bertz CT molecular complexity index is 727. The van der Waals surface area contributed by atoms with Crippen LogP contribution in [0.2, 0.25) is 0 Å². The maximum Gasteiger partial charge on any atom is 0.410 e. The lowest BCUT2D eigenvalue weighted by Gasteiger charge is -2.43. The first kappa shape index (κ1) is 23.6. The van der Waals surface area contributed by atoms with Gasteiger partial charge in [-0.3, -0.25) is 9.59 Å². The summed E-state index contributed by atoms with van der Waals surface area (Å²) in [5.74, 6) is -0.296. The zero-order chi connectivity index (χ0) is 22.8. The van der Waals surface area contributed by atoms with E-state index in [0.717, 1.165) is 6.42 Å². The molecule has 3 heterocycles. The quantitative estimate of drug-likeness (QED) is 0.590. The van der Waals surface area contributed by atoms with Crippen LogP contribution in [0.25, 0.3) is 0 Å². The molecule has 0 radical (unpaired) electrons. The molecular weight excluding hydrogens is 398 g/mol. The average Bonchev–Trinajstić information content (AvgIpc) is 3.09. The van der Waals surface area contributed by atoms with Gasteiger partial charge in [0.15, 0.2) is 0 Å². The van der Waals surface area contributed by atoms with E-state index in [2.05, 4.69) is 19.2 Å². The Morgan fingerprint density at radius 3 is 2.74 bits per heavy atom. The van der Waals surface area contributed by atoms with Crippen molar-refractivity contribution in [2.24, 2.45) is 11.3 Å². The van der Waals surface area contributed by atoms with Gasteiger partial charge in [-0.2, -0.15) is 0 Å². The van der Waals surface area contributed by atoms with Gasteiger partial charge in [-0.25, -0.2) is 4.79 Å². The van der Waals surface area contributed by atoms with Crippen LogP contribution < -0.4 is 5.32 Å². The Labute approximate surface area is 185 Å². The van der Waals surface area contributed by atoms with Crippen molar-refractivity contribution < 1.29 is 23.9 Å². The average molecular weight is 436 g/mol. The molecule has 31 heavy (non-hydrogen) atoms. The van der Waals surface area contributed by atoms with E-state index in [1.54, 1.807) is 4.90 Å². The lowest BCUT2D eigenvalue weighted by atomic mass is 9.81. The lowest BCUT2D eigenvalue weighted by Crippen LogP contribution is -2.56. The summed E-state index contributed by atoms with van der Waals surface area (Å²) in [6.07, 6.45) is 4.64. The zero-order valence-electron chi connectivity index (χ0n) is 19.5. The standard InChI is InChI=1S/C23H37N3O5/c1-22(2,3)31-21(29)25-10-6-7-18-17(9-12-30-18)20(28)24-16-13-23(4,5)15-26(14-16)19(27)8-11-25/h6-7,16-18H,8-15H2,1-5H3,(H,24,28)/b7-6+/t16?,17-,18+/m1/s1. The minimum atomic E-state index is -0.619. The number of carbonyl (C=O) groups excluding carboxylic acids is 3. The molecule has 0 aliphatic carbocycles. The van der Waals surface area contributed by atoms with Crippen LogP contribution in [0, 0.1) is 11.3 Å². The van der Waals surface area contributed by atoms with E-state index < -0.39 is 11.7 Å². The lowest BCUT2D eigenvalue weighted by molar-refractivity contribution is -0.137. The van der Waals surface area contributed by atoms with Crippen LogP contribution in [0.1, 0.15) is 53.9 Å². The van der Waals surface area contributed by atoms with Crippen LogP contribution in [0.5, 0.6) is 0 Å². The van der Waals surface area contributed by atoms with E-state index >= 15 is 0 Å². The van der Waals surface area contributed by atoms with Crippen molar-refractivity contribution in [2.45, 2.75) is 71.6 Å². The van der Waals surface area contributed by atoms with Crippen LogP contribution in [0.3, 0.4) is 0 Å². The number of hydrogen-bond acceptors (Lipinski definition) is 5. The van der Waals surface area contributed by atoms with Crippen molar-refractivity contribution in [3.8, 4) is 0 Å². The number of nitrogens with one attached hydrogen (secondary N) is 1. The molecule has 8 heteroatoms. The summed E-state index contributed by atoms with van der Waals surface area (Å²) in [4.78, 5) is 42.0. The fraction of sp³-hybridized carbons (Fsp3) is 0.783. The Morgan fingerprint density at radius 1 is 1.29 bits per heavy atom. The number of amides is 3. The summed E-state index contributed by atoms with van der Waals surface area (Å²) in [5.41, 5.74) is -0.717. The highest BCUT2D eigenvalue weighted by molar-refractivity contribution is 5.81. The molecule has 0 saturated carbocycles. The van der Waals surface area contributed by atoms with E-state index in [1.807, 2.05) is 37.8 Å². The summed E-state index contributed by atoms with van der Waals surface area (Å²) >= 11 is 0. The van der Waals surface area contributed by atoms with Crippen molar-refractivity contribution in [2.75, 3.05) is 32.8 Å². The highest BCUT2D eigenvalue weighted by Crippen LogP contribution is 2.30. The van der Waals surface area contributed by atoms with Gasteiger partial charge in [0.25, 0.3) is 0 Å². The summed E-state index contributed by atoms with van der Waals surface area (Å²) in [7, 11) is 0. The van der Waals surface area contributed by atoms with Gasteiger partial charge in [-0.05, 0) is 39.0 Å². The number of piperidine rings is 1. The molecule has 0 aromatic carbocycles. The van der Waals surface area contributed by atoms with Gasteiger partial charge in [0, 0.05) is 45.2 Å². The summed E-state index contributed by atoms with van der Waals surface area (Å²) in [5, 5.41) is 3.17. The Kier molecular flexibility index (Phi) is 6.98. The molecule has 2 saturated heterocycles. The molecule has 2 bridgehead atoms. The van der Waals surface area contributed by atoms with E-state index in [4.69, 9.17) is 9.47 Å². The predicted octanol–water partition coefficient (Wildman–Crippen LogP) is 2.33. The van der Waals surface area contributed by atoms with Gasteiger partial charge in [0.1, 0.15) is 5.60 Å². The normalized spacial score (nSPS) is 30.8. The summed E-state index contributed by atoms with van der Waals surface area (Å²) < 4.78 is 11.3. The van der Waals surface area contributed by atoms with Gasteiger partial charge in [-0.1, -0.05) is 26.0 Å². The fourth-order valence-corrected chi connectivity index (χ4v) is 4.61. The molecule has 3 atom stereocenters. The van der Waals surface area contributed by atoms with Crippen LogP contribution in [0.15, 0.2) is 12.2 Å². The first-order valence-corrected chi connectivity index (χ1v) is 11.3. The molecule has 0 aromatic rings. The third-order valence-corrected chi connectivity index (χ3v) is 5.93. The Morgan fingerprint density at radius 2 is 2.03 bits per heavy atom. The van der Waals surface area contributed by atoms with Crippen molar-refractivity contribution in [1.82, 2.24) is 15.1 Å². The minimum Gasteiger partial charge on any atom is -0.444 e. The van der Waals surface area contributed by atoms with Crippen molar-refractivity contribution in [3.05, 3.63) is 12.2 Å². The molecule has 1 unspecified atom stereocenters. The molecule has 3 rings (SSSR count). The minimum absolute atomic E-state index is 0.0105. The van der Waals surface area contributed by atoms with E-state index in [0.29, 0.717) is 32.7 Å². The molecule has 3 aliphatic rings. The van der Waals surface area contributed by atoms with E-state index in [1.165, 1.54) is 0 Å². The van der Waals surface area contributed by atoms with Gasteiger partial charge < -0.3 is 24.6 Å². The van der Waals surface area contributed by atoms with Crippen LogP contribution >= 0.6 is 0 Å². The molecule has 174 valence electrons. The summed E-state index contributed by atoms with van der Waals surface area (Å²) in [6, 6.07) is -0.0877. The van der Waals surface area contributed by atoms with Crippen LogP contribution in [-0.2, 0) is 19.1 Å². The number of fused-ring (bicyclic) bond motifs is 3. The first-order valence-electron chi connectivity index (χ1n) is 11.3. The topological polar surface area (TPSA) is 88.2 Å². The number of carbonyl (C=O) groups is 3. The Hall–Kier alpha value is -2.09. The smallest absolute Gasteiger partial charge is 0.410 e. The van der Waals surface area contributed by atoms with Gasteiger partial charge >= 0.3 is 6.09 Å². The SMILES string of the molecule is CC1(C)CC2CN(C1)C(=O)CCN(C(=O)OC(C)(C)C)C/C=C/[C@@H]1OCC[C@H]1C(=O)N2. The molecule has 3 aliphatic heterocycles. The molecule has 1 N–H and O–H groups in total. The fourth-order valence-electron chi connectivity index (χ4n) is 4.61. The zero-order valence-corrected chi connectivity index (χ0v) is 19.5. The van der Waals surface area contributed by atoms with Crippen LogP contribution in [0.4, 0.5) is 4.79 Å². The van der Waals surface area contributed by atoms with Crippen LogP contribution in [-0.4, -0.2) is 78.2 Å². The molecule has 0 aromatic heterocycles. The molecule has 2 fully saturated rings. The van der Waals surface area contributed by atoms with Gasteiger partial charge in [0.05, 0.1) is 12.0 Å². The maximum atomic E-state index is 13.0.